The Morgan fingerprint density at radius 1 is 1.08 bits per heavy atom. The molecule has 0 heterocycles. The second-order valence-corrected chi connectivity index (χ2v) is 4.58. The van der Waals surface area contributed by atoms with E-state index >= 15 is 0 Å². The number of hydrogen-bond donors (Lipinski definition) is 1. The smallest absolute Gasteiger partial charge is 0.00950 e. The third-order valence-electron chi connectivity index (χ3n) is 2.71. The van der Waals surface area contributed by atoms with Gasteiger partial charge in [0.2, 0.25) is 0 Å². The van der Waals surface area contributed by atoms with Crippen molar-refractivity contribution >= 4 is 0 Å². The van der Waals surface area contributed by atoms with Crippen LogP contribution in [-0.2, 0) is 0 Å². The molecule has 0 bridgehead atoms. The summed E-state index contributed by atoms with van der Waals surface area (Å²) >= 11 is 0. The lowest BCUT2D eigenvalue weighted by atomic mass is 9.91. The van der Waals surface area contributed by atoms with Crippen LogP contribution in [0, 0.1) is 11.8 Å². The lowest BCUT2D eigenvalue weighted by Gasteiger charge is -2.25. The summed E-state index contributed by atoms with van der Waals surface area (Å²) in [6, 6.07) is 0.727. The van der Waals surface area contributed by atoms with E-state index in [1.54, 1.807) is 0 Å². The molecule has 2 atom stereocenters. The van der Waals surface area contributed by atoms with Crippen LogP contribution in [-0.4, -0.2) is 12.6 Å². The summed E-state index contributed by atoms with van der Waals surface area (Å²) in [5.41, 5.74) is 0. The van der Waals surface area contributed by atoms with E-state index in [1.807, 2.05) is 0 Å². The minimum Gasteiger partial charge on any atom is -0.314 e. The van der Waals surface area contributed by atoms with Gasteiger partial charge in [0.25, 0.3) is 0 Å². The molecule has 0 spiro atoms. The maximum Gasteiger partial charge on any atom is 0.00950 e. The zero-order valence-corrected chi connectivity index (χ0v) is 10.1. The molecule has 0 aliphatic heterocycles. The largest absolute Gasteiger partial charge is 0.314 e. The SMILES string of the molecule is CCCNC(CC(C)C)C(C)CC. The molecule has 0 saturated heterocycles. The molecule has 13 heavy (non-hydrogen) atoms. The van der Waals surface area contributed by atoms with Crippen LogP contribution < -0.4 is 5.32 Å². The van der Waals surface area contributed by atoms with Gasteiger partial charge < -0.3 is 5.32 Å². The third kappa shape index (κ3) is 6.09. The van der Waals surface area contributed by atoms with Gasteiger partial charge in [-0.2, -0.15) is 0 Å². The Kier molecular flexibility index (Phi) is 7.35. The van der Waals surface area contributed by atoms with Crippen LogP contribution in [0.15, 0.2) is 0 Å². The zero-order valence-electron chi connectivity index (χ0n) is 10.1. The molecule has 0 amide bonds. The van der Waals surface area contributed by atoms with Crippen molar-refractivity contribution in [3.8, 4) is 0 Å². The standard InChI is InChI=1S/C12H27N/c1-6-8-13-12(9-10(3)4)11(5)7-2/h10-13H,6-9H2,1-5H3. The molecule has 0 fully saturated rings. The van der Waals surface area contributed by atoms with E-state index in [-0.39, 0.29) is 0 Å². The Hall–Kier alpha value is -0.0400. The van der Waals surface area contributed by atoms with Gasteiger partial charge in [-0.05, 0) is 31.2 Å². The summed E-state index contributed by atoms with van der Waals surface area (Å²) in [6.45, 7) is 12.7. The molecule has 80 valence electrons. The van der Waals surface area contributed by atoms with Gasteiger partial charge in [0.15, 0.2) is 0 Å². The van der Waals surface area contributed by atoms with Crippen LogP contribution in [0.4, 0.5) is 0 Å². The lowest BCUT2D eigenvalue weighted by molar-refractivity contribution is 0.316. The van der Waals surface area contributed by atoms with E-state index in [1.165, 1.54) is 25.8 Å². The maximum atomic E-state index is 3.65. The predicted molar refractivity (Wildman–Crippen MR) is 61.0 cm³/mol. The third-order valence-corrected chi connectivity index (χ3v) is 2.71. The van der Waals surface area contributed by atoms with Crippen molar-refractivity contribution in [1.82, 2.24) is 5.32 Å². The summed E-state index contributed by atoms with van der Waals surface area (Å²) < 4.78 is 0. The fourth-order valence-electron chi connectivity index (χ4n) is 1.64. The molecule has 0 aromatic rings. The minimum absolute atomic E-state index is 0.727. The van der Waals surface area contributed by atoms with Crippen molar-refractivity contribution in [2.45, 2.75) is 59.9 Å². The Bertz CT molecular complexity index is 110. The van der Waals surface area contributed by atoms with Crippen LogP contribution in [0.3, 0.4) is 0 Å². The van der Waals surface area contributed by atoms with Crippen LogP contribution in [0.5, 0.6) is 0 Å². The Balaban J connectivity index is 3.87. The fraction of sp³-hybridized carbons (Fsp3) is 1.00. The highest BCUT2D eigenvalue weighted by atomic mass is 14.9. The van der Waals surface area contributed by atoms with Gasteiger partial charge in [0.05, 0.1) is 0 Å². The monoisotopic (exact) mass is 185 g/mol. The minimum atomic E-state index is 0.727. The number of hydrogen-bond acceptors (Lipinski definition) is 1. The van der Waals surface area contributed by atoms with Crippen molar-refractivity contribution in [3.05, 3.63) is 0 Å². The molecule has 2 unspecified atom stereocenters. The van der Waals surface area contributed by atoms with Crippen LogP contribution >= 0.6 is 0 Å². The first kappa shape index (κ1) is 13.0. The van der Waals surface area contributed by atoms with E-state index in [2.05, 4.69) is 39.9 Å². The van der Waals surface area contributed by atoms with Crippen LogP contribution in [0.25, 0.3) is 0 Å². The van der Waals surface area contributed by atoms with E-state index in [9.17, 15) is 0 Å². The quantitative estimate of drug-likeness (QED) is 0.640. The van der Waals surface area contributed by atoms with Gasteiger partial charge in [0, 0.05) is 6.04 Å². The van der Waals surface area contributed by atoms with Gasteiger partial charge in [-0.1, -0.05) is 41.0 Å². The zero-order chi connectivity index (χ0) is 10.3. The number of nitrogens with one attached hydrogen (secondary N) is 1. The van der Waals surface area contributed by atoms with Crippen molar-refractivity contribution < 1.29 is 0 Å². The number of rotatable bonds is 7. The molecule has 1 N–H and O–H groups in total. The Morgan fingerprint density at radius 3 is 2.08 bits per heavy atom. The molecule has 0 saturated carbocycles. The van der Waals surface area contributed by atoms with Crippen molar-refractivity contribution in [3.63, 3.8) is 0 Å². The summed E-state index contributed by atoms with van der Waals surface area (Å²) in [6.07, 6.45) is 3.84. The highest BCUT2D eigenvalue weighted by Gasteiger charge is 2.15. The molecule has 0 aliphatic rings. The summed E-state index contributed by atoms with van der Waals surface area (Å²) in [5.74, 6) is 1.62. The first-order valence-corrected chi connectivity index (χ1v) is 5.85. The van der Waals surface area contributed by atoms with Crippen LogP contribution in [0.1, 0.15) is 53.9 Å². The second-order valence-electron chi connectivity index (χ2n) is 4.58. The van der Waals surface area contributed by atoms with Crippen molar-refractivity contribution in [2.75, 3.05) is 6.54 Å². The second kappa shape index (κ2) is 7.37. The van der Waals surface area contributed by atoms with Gasteiger partial charge in [-0.15, -0.1) is 0 Å². The van der Waals surface area contributed by atoms with Crippen molar-refractivity contribution in [1.29, 1.82) is 0 Å². The first-order valence-electron chi connectivity index (χ1n) is 5.85. The normalized spacial score (nSPS) is 16.2. The van der Waals surface area contributed by atoms with Crippen molar-refractivity contribution in [2.24, 2.45) is 11.8 Å². The molecule has 1 nitrogen and oxygen atoms in total. The fourth-order valence-corrected chi connectivity index (χ4v) is 1.64. The average molecular weight is 185 g/mol. The predicted octanol–water partition coefficient (Wildman–Crippen LogP) is 3.45. The molecular weight excluding hydrogens is 158 g/mol. The molecule has 0 aromatic carbocycles. The average Bonchev–Trinajstić information content (AvgIpc) is 2.10. The van der Waals surface area contributed by atoms with Gasteiger partial charge in [-0.25, -0.2) is 0 Å². The van der Waals surface area contributed by atoms with E-state index < -0.39 is 0 Å². The Morgan fingerprint density at radius 2 is 1.69 bits per heavy atom. The van der Waals surface area contributed by atoms with E-state index in [4.69, 9.17) is 0 Å². The molecule has 0 aromatic heterocycles. The summed E-state index contributed by atoms with van der Waals surface area (Å²) in [4.78, 5) is 0. The molecule has 0 aliphatic carbocycles. The van der Waals surface area contributed by atoms with Gasteiger partial charge in [0.1, 0.15) is 0 Å². The lowest BCUT2D eigenvalue weighted by Crippen LogP contribution is -2.36. The van der Waals surface area contributed by atoms with Crippen LogP contribution in [0.2, 0.25) is 0 Å². The van der Waals surface area contributed by atoms with Gasteiger partial charge >= 0.3 is 0 Å². The molecular formula is C12H27N. The van der Waals surface area contributed by atoms with E-state index in [0.717, 1.165) is 17.9 Å². The maximum absolute atomic E-state index is 3.65. The summed E-state index contributed by atoms with van der Waals surface area (Å²) in [7, 11) is 0. The molecule has 0 radical (unpaired) electrons. The molecule has 1 heteroatoms. The van der Waals surface area contributed by atoms with E-state index in [0.29, 0.717) is 0 Å². The molecule has 0 rings (SSSR count). The first-order chi connectivity index (χ1) is 6.11. The highest BCUT2D eigenvalue weighted by molar-refractivity contribution is 4.73. The topological polar surface area (TPSA) is 12.0 Å². The van der Waals surface area contributed by atoms with Gasteiger partial charge in [-0.3, -0.25) is 0 Å². The summed E-state index contributed by atoms with van der Waals surface area (Å²) in [5, 5.41) is 3.65. The Labute approximate surface area is 84.3 Å². The highest BCUT2D eigenvalue weighted by Crippen LogP contribution is 2.15.